The number of aliphatic imine (C=N–C) groups is 1. The minimum Gasteiger partial charge on any atom is -0.496 e. The number of nitrogens with one attached hydrogen (secondary N) is 1. The van der Waals surface area contributed by atoms with E-state index in [9.17, 15) is 14.9 Å². The third-order valence-corrected chi connectivity index (χ3v) is 5.26. The molecule has 1 N–H and O–H groups in total. The number of non-ortho nitro benzene ring substituents is 1. The molecule has 29 heavy (non-hydrogen) atoms. The van der Waals surface area contributed by atoms with Crippen LogP contribution in [0.2, 0.25) is 0 Å². The van der Waals surface area contributed by atoms with Crippen molar-refractivity contribution < 1.29 is 14.5 Å². The second-order valence-electron chi connectivity index (χ2n) is 6.16. The Morgan fingerprint density at radius 3 is 2.72 bits per heavy atom. The fourth-order valence-electron chi connectivity index (χ4n) is 2.99. The maximum Gasteiger partial charge on any atom is 0.270 e. The molecule has 0 aromatic heterocycles. The van der Waals surface area contributed by atoms with E-state index in [0.29, 0.717) is 21.4 Å². The molecule has 3 aromatic rings. The van der Waals surface area contributed by atoms with E-state index in [1.165, 1.54) is 37.1 Å². The van der Waals surface area contributed by atoms with E-state index in [4.69, 9.17) is 4.74 Å². The van der Waals surface area contributed by atoms with Gasteiger partial charge in [0.1, 0.15) is 5.75 Å². The van der Waals surface area contributed by atoms with Crippen molar-refractivity contribution in [2.24, 2.45) is 4.99 Å². The van der Waals surface area contributed by atoms with Crippen molar-refractivity contribution in [2.45, 2.75) is 0 Å². The molecule has 0 unspecified atom stereocenters. The summed E-state index contributed by atoms with van der Waals surface area (Å²) in [5.41, 5.74) is 1.12. The monoisotopic (exact) mass is 405 g/mol. The summed E-state index contributed by atoms with van der Waals surface area (Å²) < 4.78 is 5.26. The Morgan fingerprint density at radius 2 is 1.93 bits per heavy atom. The number of rotatable bonds is 4. The van der Waals surface area contributed by atoms with Gasteiger partial charge in [0.15, 0.2) is 5.17 Å². The number of methoxy groups -OCH3 is 1. The van der Waals surface area contributed by atoms with E-state index in [1.54, 1.807) is 6.08 Å². The Labute approximate surface area is 170 Å². The molecule has 8 heteroatoms. The molecular weight excluding hydrogens is 390 g/mol. The quantitative estimate of drug-likeness (QED) is 0.387. The van der Waals surface area contributed by atoms with Crippen LogP contribution in [0, 0.1) is 10.1 Å². The van der Waals surface area contributed by atoms with Gasteiger partial charge in [0.2, 0.25) is 0 Å². The molecule has 1 saturated heterocycles. The first kappa shape index (κ1) is 18.7. The third kappa shape index (κ3) is 3.83. The van der Waals surface area contributed by atoms with Gasteiger partial charge in [0.25, 0.3) is 11.6 Å². The van der Waals surface area contributed by atoms with Crippen LogP contribution in [0.25, 0.3) is 16.8 Å². The lowest BCUT2D eigenvalue weighted by Gasteiger charge is -2.04. The number of nitro benzene ring substituents is 1. The topological polar surface area (TPSA) is 93.8 Å². The van der Waals surface area contributed by atoms with Crippen molar-refractivity contribution in [1.82, 2.24) is 5.32 Å². The first-order valence-electron chi connectivity index (χ1n) is 8.65. The summed E-state index contributed by atoms with van der Waals surface area (Å²) in [6.45, 7) is 0. The van der Waals surface area contributed by atoms with Gasteiger partial charge in [0.05, 0.1) is 22.6 Å². The predicted octanol–water partition coefficient (Wildman–Crippen LogP) is 4.65. The molecule has 4 rings (SSSR count). The van der Waals surface area contributed by atoms with Crippen LogP contribution in [0.15, 0.2) is 70.6 Å². The fraction of sp³-hybridized carbons (Fsp3) is 0.0476. The van der Waals surface area contributed by atoms with Crippen molar-refractivity contribution in [2.75, 3.05) is 7.11 Å². The van der Waals surface area contributed by atoms with Crippen molar-refractivity contribution in [3.05, 3.63) is 81.2 Å². The van der Waals surface area contributed by atoms with Crippen LogP contribution in [0.1, 0.15) is 5.56 Å². The maximum atomic E-state index is 12.4. The Kier molecular flexibility index (Phi) is 5.01. The smallest absolute Gasteiger partial charge is 0.270 e. The minimum absolute atomic E-state index is 0.0781. The molecule has 1 heterocycles. The number of hydrogen-bond donors (Lipinski definition) is 1. The lowest BCUT2D eigenvalue weighted by atomic mass is 10.1. The van der Waals surface area contributed by atoms with Crippen LogP contribution in [0.3, 0.4) is 0 Å². The number of amidine groups is 1. The van der Waals surface area contributed by atoms with Gasteiger partial charge in [-0.05, 0) is 35.4 Å². The van der Waals surface area contributed by atoms with Gasteiger partial charge in [-0.25, -0.2) is 4.99 Å². The number of hydrogen-bond acceptors (Lipinski definition) is 6. The van der Waals surface area contributed by atoms with Crippen molar-refractivity contribution in [3.63, 3.8) is 0 Å². The lowest BCUT2D eigenvalue weighted by Crippen LogP contribution is -2.19. The van der Waals surface area contributed by atoms with Crippen LogP contribution >= 0.6 is 11.8 Å². The fourth-order valence-corrected chi connectivity index (χ4v) is 3.81. The normalized spacial score (nSPS) is 16.4. The van der Waals surface area contributed by atoms with E-state index in [1.807, 2.05) is 42.5 Å². The highest BCUT2D eigenvalue weighted by Gasteiger charge is 2.25. The average Bonchev–Trinajstić information content (AvgIpc) is 3.07. The second kappa shape index (κ2) is 7.76. The summed E-state index contributed by atoms with van der Waals surface area (Å²) >= 11 is 1.18. The van der Waals surface area contributed by atoms with E-state index in [0.717, 1.165) is 16.5 Å². The van der Waals surface area contributed by atoms with Crippen molar-refractivity contribution >= 4 is 51.1 Å². The van der Waals surface area contributed by atoms with Gasteiger partial charge in [-0.1, -0.05) is 36.4 Å². The molecule has 0 radical (unpaired) electrons. The highest BCUT2D eigenvalue weighted by atomic mass is 32.2. The summed E-state index contributed by atoms with van der Waals surface area (Å²) in [5, 5.41) is 16.3. The summed E-state index contributed by atoms with van der Waals surface area (Å²) in [4.78, 5) is 27.9. The molecule has 7 nitrogen and oxygen atoms in total. The molecule has 0 saturated carbocycles. The standard InChI is InChI=1S/C21H15N3O4S/c1-28-18-10-9-15(24(26)27)11-14(18)12-19-20(25)23-21(29-19)22-17-8-4-6-13-5-2-3-7-16(13)17/h2-12H,1H3,(H,22,23,25). The number of amides is 1. The largest absolute Gasteiger partial charge is 0.496 e. The van der Waals surface area contributed by atoms with E-state index >= 15 is 0 Å². The average molecular weight is 405 g/mol. The van der Waals surface area contributed by atoms with Gasteiger partial charge in [0, 0.05) is 23.1 Å². The Bertz CT molecular complexity index is 1200. The number of nitro groups is 1. The van der Waals surface area contributed by atoms with Gasteiger partial charge < -0.3 is 10.1 Å². The van der Waals surface area contributed by atoms with E-state index in [2.05, 4.69) is 10.3 Å². The molecule has 0 atom stereocenters. The first-order chi connectivity index (χ1) is 14.0. The predicted molar refractivity (Wildman–Crippen MR) is 114 cm³/mol. The number of carbonyl (C=O) groups excluding carboxylic acids is 1. The molecule has 1 aliphatic rings. The molecule has 0 spiro atoms. The highest BCUT2D eigenvalue weighted by Crippen LogP contribution is 2.33. The van der Waals surface area contributed by atoms with E-state index in [-0.39, 0.29) is 11.6 Å². The Morgan fingerprint density at radius 1 is 1.14 bits per heavy atom. The van der Waals surface area contributed by atoms with Gasteiger partial charge >= 0.3 is 0 Å². The summed E-state index contributed by atoms with van der Waals surface area (Å²) in [7, 11) is 1.47. The second-order valence-corrected chi connectivity index (χ2v) is 7.19. The Balaban J connectivity index is 1.69. The maximum absolute atomic E-state index is 12.4. The highest BCUT2D eigenvalue weighted by molar-refractivity contribution is 8.18. The lowest BCUT2D eigenvalue weighted by molar-refractivity contribution is -0.384. The molecule has 3 aromatic carbocycles. The summed E-state index contributed by atoms with van der Waals surface area (Å²) in [6.07, 6.45) is 1.57. The molecular formula is C21H15N3O4S. The van der Waals surface area contributed by atoms with Gasteiger partial charge in [-0.15, -0.1) is 0 Å². The Hall–Kier alpha value is -3.65. The van der Waals surface area contributed by atoms with Gasteiger partial charge in [-0.2, -0.15) is 0 Å². The number of fused-ring (bicyclic) bond motifs is 1. The van der Waals surface area contributed by atoms with Crippen LogP contribution in [-0.4, -0.2) is 23.1 Å². The molecule has 144 valence electrons. The summed E-state index contributed by atoms with van der Waals surface area (Å²) in [6, 6.07) is 17.9. The molecule has 1 amide bonds. The van der Waals surface area contributed by atoms with Crippen LogP contribution in [0.4, 0.5) is 11.4 Å². The first-order valence-corrected chi connectivity index (χ1v) is 9.46. The zero-order chi connectivity index (χ0) is 20.4. The van der Waals surface area contributed by atoms with Crippen LogP contribution < -0.4 is 10.1 Å². The molecule has 0 bridgehead atoms. The van der Waals surface area contributed by atoms with E-state index < -0.39 is 4.92 Å². The number of nitrogens with zero attached hydrogens (tertiary/aromatic N) is 2. The molecule has 1 aliphatic heterocycles. The minimum atomic E-state index is -0.489. The third-order valence-electron chi connectivity index (χ3n) is 4.35. The van der Waals surface area contributed by atoms with Crippen LogP contribution in [-0.2, 0) is 4.79 Å². The SMILES string of the molecule is COc1ccc([N+](=O)[O-])cc1C=C1SC(=Nc2cccc3ccccc23)NC1=O. The molecule has 1 fully saturated rings. The number of carbonyl (C=O) groups is 1. The van der Waals surface area contributed by atoms with Gasteiger partial charge in [-0.3, -0.25) is 14.9 Å². The zero-order valence-corrected chi connectivity index (χ0v) is 16.1. The number of benzene rings is 3. The number of ether oxygens (including phenoxy) is 1. The zero-order valence-electron chi connectivity index (χ0n) is 15.3. The number of thioether (sulfide) groups is 1. The van der Waals surface area contributed by atoms with Crippen molar-refractivity contribution in [1.29, 1.82) is 0 Å². The molecule has 0 aliphatic carbocycles. The summed E-state index contributed by atoms with van der Waals surface area (Å²) in [5.74, 6) is 0.124. The van der Waals surface area contributed by atoms with Crippen LogP contribution in [0.5, 0.6) is 5.75 Å². The van der Waals surface area contributed by atoms with Crippen molar-refractivity contribution in [3.8, 4) is 5.75 Å².